The Labute approximate surface area is 213 Å². The molecule has 1 aliphatic heterocycles. The molecule has 0 radical (unpaired) electrons. The minimum Gasteiger partial charge on any atom is -0.388 e. The fourth-order valence-electron chi connectivity index (χ4n) is 4.53. The van der Waals surface area contributed by atoms with Crippen molar-refractivity contribution in [3.8, 4) is 0 Å². The maximum atomic E-state index is 13.2. The fourth-order valence-corrected chi connectivity index (χ4v) is 4.53. The third-order valence-electron chi connectivity index (χ3n) is 6.68. The Bertz CT molecular complexity index is 1200. The molecule has 2 amide bonds. The highest BCUT2D eigenvalue weighted by molar-refractivity contribution is 5.91. The number of carbonyl (C=O) groups is 2. The lowest BCUT2D eigenvalue weighted by Crippen LogP contribution is -2.66. The van der Waals surface area contributed by atoms with Crippen molar-refractivity contribution in [1.82, 2.24) is 15.6 Å². The first-order valence-electron chi connectivity index (χ1n) is 12.1. The van der Waals surface area contributed by atoms with Gasteiger partial charge in [-0.25, -0.2) is 0 Å². The predicted octanol–water partition coefficient (Wildman–Crippen LogP) is -1.35. The molecule has 4 rings (SSSR count). The molecule has 1 aliphatic rings. The SMILES string of the molecule is NC[C@H]1O[C@@H]([C@@H](N)C(=O)N[C@@H](Cc2c[nH]c3ccccc23)C(=O)NCc2ccccc2)[C@H](O)[C@@H](O)[C@@H]1O. The number of ether oxygens (including phenoxy) is 1. The minimum absolute atomic E-state index is 0.152. The van der Waals surface area contributed by atoms with E-state index in [1.54, 1.807) is 6.20 Å². The van der Waals surface area contributed by atoms with E-state index in [1.165, 1.54) is 0 Å². The predicted molar refractivity (Wildman–Crippen MR) is 136 cm³/mol. The van der Waals surface area contributed by atoms with Crippen LogP contribution in [0.15, 0.2) is 60.8 Å². The van der Waals surface area contributed by atoms with Crippen molar-refractivity contribution in [3.05, 3.63) is 71.9 Å². The average Bonchev–Trinajstić information content (AvgIpc) is 3.33. The summed E-state index contributed by atoms with van der Waals surface area (Å²) < 4.78 is 5.55. The topological polar surface area (TPSA) is 196 Å². The average molecular weight is 512 g/mol. The molecule has 0 aliphatic carbocycles. The number of carbonyl (C=O) groups excluding carboxylic acids is 2. The number of hydrogen-bond donors (Lipinski definition) is 8. The van der Waals surface area contributed by atoms with Crippen molar-refractivity contribution in [1.29, 1.82) is 0 Å². The summed E-state index contributed by atoms with van der Waals surface area (Å²) in [5.74, 6) is -1.18. The molecule has 1 fully saturated rings. The maximum absolute atomic E-state index is 13.2. The summed E-state index contributed by atoms with van der Waals surface area (Å²) in [6, 6.07) is 14.5. The summed E-state index contributed by atoms with van der Waals surface area (Å²) in [7, 11) is 0. The van der Waals surface area contributed by atoms with Gasteiger partial charge in [-0.1, -0.05) is 48.5 Å². The van der Waals surface area contributed by atoms with Crippen LogP contribution in [0.5, 0.6) is 0 Å². The molecule has 37 heavy (non-hydrogen) atoms. The van der Waals surface area contributed by atoms with E-state index in [-0.39, 0.29) is 19.5 Å². The van der Waals surface area contributed by atoms with Crippen LogP contribution in [0.1, 0.15) is 11.1 Å². The van der Waals surface area contributed by atoms with E-state index in [2.05, 4.69) is 15.6 Å². The van der Waals surface area contributed by atoms with Gasteiger partial charge in [0.25, 0.3) is 0 Å². The van der Waals surface area contributed by atoms with Gasteiger partial charge in [0.15, 0.2) is 0 Å². The Balaban J connectivity index is 1.51. The molecule has 1 saturated heterocycles. The molecule has 1 aromatic heterocycles. The largest absolute Gasteiger partial charge is 0.388 e. The van der Waals surface area contributed by atoms with E-state index in [0.29, 0.717) is 0 Å². The van der Waals surface area contributed by atoms with Crippen molar-refractivity contribution in [2.24, 2.45) is 11.5 Å². The number of aromatic nitrogens is 1. The van der Waals surface area contributed by atoms with E-state index in [1.807, 2.05) is 54.6 Å². The van der Waals surface area contributed by atoms with Crippen LogP contribution in [-0.2, 0) is 27.3 Å². The summed E-state index contributed by atoms with van der Waals surface area (Å²) >= 11 is 0. The highest BCUT2D eigenvalue weighted by Gasteiger charge is 2.47. The summed E-state index contributed by atoms with van der Waals surface area (Å²) in [5.41, 5.74) is 14.3. The van der Waals surface area contributed by atoms with Crippen LogP contribution in [0.4, 0.5) is 0 Å². The molecule has 11 heteroatoms. The molecule has 2 heterocycles. The molecule has 10 N–H and O–H groups in total. The Morgan fingerprint density at radius 2 is 1.68 bits per heavy atom. The molecule has 0 spiro atoms. The lowest BCUT2D eigenvalue weighted by Gasteiger charge is -2.42. The monoisotopic (exact) mass is 511 g/mol. The highest BCUT2D eigenvalue weighted by Crippen LogP contribution is 2.23. The summed E-state index contributed by atoms with van der Waals surface area (Å²) in [6.07, 6.45) is -5.05. The molecule has 0 bridgehead atoms. The minimum atomic E-state index is -1.63. The Morgan fingerprint density at radius 3 is 2.41 bits per heavy atom. The van der Waals surface area contributed by atoms with E-state index in [4.69, 9.17) is 16.2 Å². The molecular weight excluding hydrogens is 478 g/mol. The fraction of sp³-hybridized carbons (Fsp3) is 0.385. The molecule has 0 saturated carbocycles. The van der Waals surface area contributed by atoms with Gasteiger partial charge in [-0.2, -0.15) is 0 Å². The van der Waals surface area contributed by atoms with Gasteiger partial charge < -0.3 is 47.1 Å². The van der Waals surface area contributed by atoms with E-state index < -0.39 is 54.4 Å². The Hall–Kier alpha value is -3.32. The van der Waals surface area contributed by atoms with Gasteiger partial charge in [0.05, 0.1) is 6.10 Å². The van der Waals surface area contributed by atoms with Gasteiger partial charge in [-0.3, -0.25) is 9.59 Å². The third-order valence-corrected chi connectivity index (χ3v) is 6.68. The number of aliphatic hydroxyl groups excluding tert-OH is 3. The summed E-state index contributed by atoms with van der Waals surface area (Å²) in [5, 5.41) is 37.0. The highest BCUT2D eigenvalue weighted by atomic mass is 16.5. The quantitative estimate of drug-likeness (QED) is 0.172. The zero-order valence-corrected chi connectivity index (χ0v) is 20.2. The number of benzene rings is 2. The number of para-hydroxylation sites is 1. The smallest absolute Gasteiger partial charge is 0.243 e. The molecule has 11 nitrogen and oxygen atoms in total. The van der Waals surface area contributed by atoms with Gasteiger partial charge in [-0.15, -0.1) is 0 Å². The van der Waals surface area contributed by atoms with Crippen LogP contribution in [-0.4, -0.2) is 81.3 Å². The first kappa shape index (κ1) is 26.7. The van der Waals surface area contributed by atoms with Gasteiger partial charge in [0, 0.05) is 36.6 Å². The number of rotatable bonds is 9. The van der Waals surface area contributed by atoms with Crippen molar-refractivity contribution in [2.45, 2.75) is 55.6 Å². The van der Waals surface area contributed by atoms with Gasteiger partial charge >= 0.3 is 0 Å². The lowest BCUT2D eigenvalue weighted by molar-refractivity contribution is -0.223. The number of fused-ring (bicyclic) bond motifs is 1. The van der Waals surface area contributed by atoms with Crippen molar-refractivity contribution in [3.63, 3.8) is 0 Å². The van der Waals surface area contributed by atoms with E-state index >= 15 is 0 Å². The van der Waals surface area contributed by atoms with Crippen LogP contribution in [0.3, 0.4) is 0 Å². The van der Waals surface area contributed by atoms with E-state index in [9.17, 15) is 24.9 Å². The van der Waals surface area contributed by atoms with Crippen molar-refractivity contribution in [2.75, 3.05) is 6.54 Å². The first-order valence-corrected chi connectivity index (χ1v) is 12.1. The second-order valence-corrected chi connectivity index (χ2v) is 9.20. The van der Waals surface area contributed by atoms with Crippen molar-refractivity contribution < 1.29 is 29.6 Å². The summed E-state index contributed by atoms with van der Waals surface area (Å²) in [4.78, 5) is 29.5. The third kappa shape index (κ3) is 5.99. The van der Waals surface area contributed by atoms with Crippen LogP contribution in [0.2, 0.25) is 0 Å². The number of aliphatic hydroxyl groups is 3. The number of nitrogens with two attached hydrogens (primary N) is 2. The van der Waals surface area contributed by atoms with Gasteiger partial charge in [0.1, 0.15) is 36.5 Å². The number of H-pyrrole nitrogens is 1. The molecular formula is C26H33N5O6. The first-order chi connectivity index (χ1) is 17.8. The van der Waals surface area contributed by atoms with Crippen molar-refractivity contribution >= 4 is 22.7 Å². The standard InChI is InChI=1S/C26H33N5O6/c27-11-19-21(32)22(33)23(34)24(37-19)20(28)26(36)31-18(25(35)30-12-14-6-2-1-3-7-14)10-15-13-29-17-9-5-4-8-16(15)17/h1-9,13,18-24,29,32-34H,10-12,27-28H2,(H,30,35)(H,31,36)/t18-,19+,20+,21+,22-,23+,24-/m0/s1. The molecule has 0 unspecified atom stereocenters. The molecule has 2 aromatic carbocycles. The second-order valence-electron chi connectivity index (χ2n) is 9.20. The lowest BCUT2D eigenvalue weighted by atomic mass is 9.91. The number of nitrogens with one attached hydrogen (secondary N) is 3. The van der Waals surface area contributed by atoms with Crippen LogP contribution in [0, 0.1) is 0 Å². The molecule has 7 atom stereocenters. The Kier molecular flexibility index (Phi) is 8.54. The zero-order chi connectivity index (χ0) is 26.5. The number of amides is 2. The number of aromatic amines is 1. The van der Waals surface area contributed by atoms with Gasteiger partial charge in [0.2, 0.25) is 11.8 Å². The van der Waals surface area contributed by atoms with Crippen LogP contribution in [0.25, 0.3) is 10.9 Å². The van der Waals surface area contributed by atoms with Gasteiger partial charge in [-0.05, 0) is 17.2 Å². The molecule has 3 aromatic rings. The molecule has 198 valence electrons. The van der Waals surface area contributed by atoms with Crippen LogP contribution < -0.4 is 22.1 Å². The second kappa shape index (κ2) is 11.8. The Morgan fingerprint density at radius 1 is 0.973 bits per heavy atom. The van der Waals surface area contributed by atoms with Crippen LogP contribution >= 0.6 is 0 Å². The maximum Gasteiger partial charge on any atom is 0.243 e. The summed E-state index contributed by atoms with van der Waals surface area (Å²) in [6.45, 7) is 0.111. The zero-order valence-electron chi connectivity index (χ0n) is 20.2. The van der Waals surface area contributed by atoms with E-state index in [0.717, 1.165) is 22.0 Å². The number of hydrogen-bond acceptors (Lipinski definition) is 8. The normalized spacial score (nSPS) is 25.4.